The number of nitrogens with one attached hydrogen (secondary N) is 2. The van der Waals surface area contributed by atoms with Crippen molar-refractivity contribution in [3.63, 3.8) is 0 Å². The van der Waals surface area contributed by atoms with Gasteiger partial charge in [-0.1, -0.05) is 35.4 Å². The zero-order valence-corrected chi connectivity index (χ0v) is 11.5. The fourth-order valence-corrected chi connectivity index (χ4v) is 2.47. The van der Waals surface area contributed by atoms with Gasteiger partial charge in [0.15, 0.2) is 5.82 Å². The molecule has 0 aromatic heterocycles. The van der Waals surface area contributed by atoms with E-state index in [2.05, 4.69) is 10.6 Å². The van der Waals surface area contributed by atoms with E-state index in [0.29, 0.717) is 0 Å². The number of halogens is 2. The minimum Gasteiger partial charge on any atom is -0.368 e. The predicted molar refractivity (Wildman–Crippen MR) is 77.6 cm³/mol. The van der Waals surface area contributed by atoms with Crippen LogP contribution in [-0.2, 0) is 4.79 Å². The number of benzene rings is 2. The van der Waals surface area contributed by atoms with Gasteiger partial charge in [-0.2, -0.15) is 0 Å². The van der Waals surface area contributed by atoms with Crippen LogP contribution in [0, 0.1) is 12.7 Å². The Kier molecular flexibility index (Phi) is 3.10. The molecular formula is C15H12ClFN2O. The van der Waals surface area contributed by atoms with Crippen molar-refractivity contribution in [2.24, 2.45) is 0 Å². The molecule has 2 aromatic carbocycles. The van der Waals surface area contributed by atoms with Gasteiger partial charge in [-0.05, 0) is 25.1 Å². The highest BCUT2D eigenvalue weighted by atomic mass is 35.5. The lowest BCUT2D eigenvalue weighted by atomic mass is 10.1. The summed E-state index contributed by atoms with van der Waals surface area (Å²) in [4.78, 5) is 12.0. The molecule has 1 heterocycles. The number of hydrogen-bond acceptors (Lipinski definition) is 2. The van der Waals surface area contributed by atoms with E-state index >= 15 is 0 Å². The maximum Gasteiger partial charge on any atom is 0.251 e. The summed E-state index contributed by atoms with van der Waals surface area (Å²) in [6, 6.07) is 9.72. The second kappa shape index (κ2) is 4.80. The third kappa shape index (κ3) is 2.12. The van der Waals surface area contributed by atoms with Crippen LogP contribution in [0.2, 0.25) is 5.02 Å². The van der Waals surface area contributed by atoms with Gasteiger partial charge in [-0.15, -0.1) is 0 Å². The predicted octanol–water partition coefficient (Wildman–Crippen LogP) is 3.89. The molecule has 2 aromatic rings. The fraction of sp³-hybridized carbons (Fsp3) is 0.133. The first-order valence-corrected chi connectivity index (χ1v) is 6.56. The molecule has 1 aliphatic rings. The zero-order chi connectivity index (χ0) is 14.3. The van der Waals surface area contributed by atoms with Crippen molar-refractivity contribution in [3.8, 4) is 0 Å². The molecule has 0 bridgehead atoms. The third-order valence-corrected chi connectivity index (χ3v) is 3.58. The maximum absolute atomic E-state index is 13.9. The SMILES string of the molecule is Cc1ccc2c(c1)C(Nc1cccc(Cl)c1F)C(=O)N2. The summed E-state index contributed by atoms with van der Waals surface area (Å²) in [6.45, 7) is 1.94. The summed E-state index contributed by atoms with van der Waals surface area (Å²) in [7, 11) is 0. The van der Waals surface area contributed by atoms with Gasteiger partial charge in [0.25, 0.3) is 5.91 Å². The molecule has 0 spiro atoms. The topological polar surface area (TPSA) is 41.1 Å². The molecule has 1 amide bonds. The third-order valence-electron chi connectivity index (χ3n) is 3.29. The molecule has 3 nitrogen and oxygen atoms in total. The molecule has 5 heteroatoms. The molecule has 1 unspecified atom stereocenters. The Morgan fingerprint density at radius 2 is 2.10 bits per heavy atom. The molecule has 0 saturated heterocycles. The highest BCUT2D eigenvalue weighted by Crippen LogP contribution is 2.35. The molecule has 3 rings (SSSR count). The number of fused-ring (bicyclic) bond motifs is 1. The van der Waals surface area contributed by atoms with Gasteiger partial charge in [0, 0.05) is 11.3 Å². The monoisotopic (exact) mass is 290 g/mol. The number of hydrogen-bond donors (Lipinski definition) is 2. The van der Waals surface area contributed by atoms with Crippen LogP contribution in [0.4, 0.5) is 15.8 Å². The summed E-state index contributed by atoms with van der Waals surface area (Å²) in [5, 5.41) is 5.71. The van der Waals surface area contributed by atoms with E-state index in [-0.39, 0.29) is 16.6 Å². The van der Waals surface area contributed by atoms with E-state index in [1.807, 2.05) is 25.1 Å². The Morgan fingerprint density at radius 1 is 1.30 bits per heavy atom. The van der Waals surface area contributed by atoms with Gasteiger partial charge >= 0.3 is 0 Å². The largest absolute Gasteiger partial charge is 0.368 e. The van der Waals surface area contributed by atoms with E-state index in [9.17, 15) is 9.18 Å². The number of carbonyl (C=O) groups excluding carboxylic acids is 1. The van der Waals surface area contributed by atoms with Crippen LogP contribution in [0.5, 0.6) is 0 Å². The first-order valence-electron chi connectivity index (χ1n) is 6.18. The van der Waals surface area contributed by atoms with E-state index in [1.165, 1.54) is 6.07 Å². The fourth-order valence-electron chi connectivity index (χ4n) is 2.30. The molecule has 0 fully saturated rings. The first kappa shape index (κ1) is 12.9. The van der Waals surface area contributed by atoms with Gasteiger partial charge in [0.1, 0.15) is 6.04 Å². The number of carbonyl (C=O) groups is 1. The van der Waals surface area contributed by atoms with Crippen LogP contribution in [0.1, 0.15) is 17.2 Å². The standard InChI is InChI=1S/C15H12ClFN2O/c1-8-5-6-11-9(7-8)14(15(20)19-11)18-12-4-2-3-10(16)13(12)17/h2-7,14,18H,1H3,(H,19,20). The van der Waals surface area contributed by atoms with Crippen molar-refractivity contribution in [1.29, 1.82) is 0 Å². The lowest BCUT2D eigenvalue weighted by Gasteiger charge is -2.14. The van der Waals surface area contributed by atoms with Gasteiger partial charge in [0.2, 0.25) is 0 Å². The quantitative estimate of drug-likeness (QED) is 0.881. The van der Waals surface area contributed by atoms with Crippen LogP contribution in [0.15, 0.2) is 36.4 Å². The minimum absolute atomic E-state index is 0.0258. The summed E-state index contributed by atoms with van der Waals surface area (Å²) in [5.41, 5.74) is 2.82. The molecular weight excluding hydrogens is 279 g/mol. The van der Waals surface area contributed by atoms with Gasteiger partial charge in [-0.3, -0.25) is 4.79 Å². The number of amides is 1. The van der Waals surface area contributed by atoms with Crippen molar-refractivity contribution in [1.82, 2.24) is 0 Å². The minimum atomic E-state index is -0.613. The van der Waals surface area contributed by atoms with E-state index in [0.717, 1.165) is 16.8 Å². The molecule has 1 atom stereocenters. The summed E-state index contributed by atoms with van der Waals surface area (Å²) >= 11 is 5.75. The second-order valence-corrected chi connectivity index (χ2v) is 5.17. The van der Waals surface area contributed by atoms with Crippen molar-refractivity contribution in [2.45, 2.75) is 13.0 Å². The molecule has 2 N–H and O–H groups in total. The Balaban J connectivity index is 1.98. The first-order chi connectivity index (χ1) is 9.56. The van der Waals surface area contributed by atoms with Crippen LogP contribution < -0.4 is 10.6 Å². The van der Waals surface area contributed by atoms with Crippen LogP contribution in [0.3, 0.4) is 0 Å². The van der Waals surface area contributed by atoms with Gasteiger partial charge in [0.05, 0.1) is 10.7 Å². The lowest BCUT2D eigenvalue weighted by Crippen LogP contribution is -2.20. The highest BCUT2D eigenvalue weighted by Gasteiger charge is 2.31. The Bertz CT molecular complexity index is 702. The Hall–Kier alpha value is -2.07. The molecule has 1 aliphatic heterocycles. The average Bonchev–Trinajstić information content (AvgIpc) is 2.71. The zero-order valence-electron chi connectivity index (χ0n) is 10.7. The van der Waals surface area contributed by atoms with Crippen LogP contribution in [0.25, 0.3) is 0 Å². The maximum atomic E-state index is 13.9. The molecule has 102 valence electrons. The molecule has 0 radical (unpaired) electrons. The summed E-state index contributed by atoms with van der Waals surface area (Å²) in [6.07, 6.45) is 0. The number of aryl methyl sites for hydroxylation is 1. The van der Waals surface area contributed by atoms with Gasteiger partial charge in [-0.25, -0.2) is 4.39 Å². The molecule has 0 saturated carbocycles. The van der Waals surface area contributed by atoms with E-state index < -0.39 is 11.9 Å². The molecule has 20 heavy (non-hydrogen) atoms. The smallest absolute Gasteiger partial charge is 0.251 e. The Labute approximate surface area is 120 Å². The number of anilines is 2. The second-order valence-electron chi connectivity index (χ2n) is 4.76. The number of rotatable bonds is 2. The summed E-state index contributed by atoms with van der Waals surface area (Å²) < 4.78 is 13.9. The average molecular weight is 291 g/mol. The molecule has 0 aliphatic carbocycles. The van der Waals surface area contributed by atoms with Crippen molar-refractivity contribution in [2.75, 3.05) is 10.6 Å². The summed E-state index contributed by atoms with van der Waals surface area (Å²) in [5.74, 6) is -0.756. The van der Waals surface area contributed by atoms with Crippen LogP contribution in [-0.4, -0.2) is 5.91 Å². The van der Waals surface area contributed by atoms with Gasteiger partial charge < -0.3 is 10.6 Å². The van der Waals surface area contributed by atoms with E-state index in [4.69, 9.17) is 11.6 Å². The lowest BCUT2D eigenvalue weighted by molar-refractivity contribution is -0.116. The van der Waals surface area contributed by atoms with Crippen molar-refractivity contribution >= 4 is 28.9 Å². The van der Waals surface area contributed by atoms with Crippen LogP contribution >= 0.6 is 11.6 Å². The normalized spacial score (nSPS) is 16.8. The van der Waals surface area contributed by atoms with E-state index in [1.54, 1.807) is 12.1 Å². The van der Waals surface area contributed by atoms with Crippen molar-refractivity contribution < 1.29 is 9.18 Å². The Morgan fingerprint density at radius 3 is 2.90 bits per heavy atom. The highest BCUT2D eigenvalue weighted by molar-refractivity contribution is 6.31. The van der Waals surface area contributed by atoms with Crippen molar-refractivity contribution in [3.05, 3.63) is 58.4 Å².